The number of hydrogen-bond donors (Lipinski definition) is 2. The van der Waals surface area contributed by atoms with Crippen LogP contribution < -0.4 is 5.32 Å². The van der Waals surface area contributed by atoms with Crippen LogP contribution in [0.3, 0.4) is 0 Å². The number of carbonyl (C=O) groups excluding carboxylic acids is 1. The van der Waals surface area contributed by atoms with Crippen LogP contribution in [0.5, 0.6) is 0 Å². The molecule has 1 saturated heterocycles. The van der Waals surface area contributed by atoms with Crippen LogP contribution in [-0.4, -0.2) is 22.9 Å². The second-order valence-corrected chi connectivity index (χ2v) is 9.22. The van der Waals surface area contributed by atoms with Gasteiger partial charge >= 0.3 is 0 Å². The third kappa shape index (κ3) is 6.68. The van der Waals surface area contributed by atoms with E-state index in [1.165, 1.54) is 11.8 Å². The fourth-order valence-electron chi connectivity index (χ4n) is 3.75. The summed E-state index contributed by atoms with van der Waals surface area (Å²) >= 11 is 1.79. The van der Waals surface area contributed by atoms with Crippen molar-refractivity contribution in [3.63, 3.8) is 0 Å². The molecule has 1 heterocycles. The van der Waals surface area contributed by atoms with Gasteiger partial charge in [0.15, 0.2) is 6.29 Å². The van der Waals surface area contributed by atoms with Crippen LogP contribution in [-0.2, 0) is 27.4 Å². The molecule has 0 spiro atoms. The van der Waals surface area contributed by atoms with Crippen LogP contribution in [0.15, 0.2) is 83.8 Å². The molecule has 1 aliphatic heterocycles. The van der Waals surface area contributed by atoms with E-state index in [1.54, 1.807) is 11.8 Å². The lowest BCUT2D eigenvalue weighted by atomic mass is 10.0. The molecule has 6 heteroatoms. The lowest BCUT2D eigenvalue weighted by Crippen LogP contribution is -2.31. The average Bonchev–Trinajstić information content (AvgIpc) is 2.87. The number of aliphatic hydroxyl groups is 1. The van der Waals surface area contributed by atoms with Crippen molar-refractivity contribution in [3.05, 3.63) is 101 Å². The zero-order chi connectivity index (χ0) is 23.0. The first-order valence-electron chi connectivity index (χ1n) is 11.1. The molecule has 4 rings (SSSR count). The maximum Gasteiger partial charge on any atom is 0.217 e. The number of nitrogens with one attached hydrogen (secondary N) is 1. The van der Waals surface area contributed by atoms with E-state index in [0.717, 1.165) is 34.4 Å². The van der Waals surface area contributed by atoms with E-state index in [9.17, 15) is 9.90 Å². The van der Waals surface area contributed by atoms with E-state index >= 15 is 0 Å². The van der Waals surface area contributed by atoms with Gasteiger partial charge in [0.05, 0.1) is 18.8 Å². The molecule has 1 fully saturated rings. The highest BCUT2D eigenvalue weighted by molar-refractivity contribution is 7.99. The van der Waals surface area contributed by atoms with Crippen molar-refractivity contribution in [2.24, 2.45) is 0 Å². The maximum atomic E-state index is 11.2. The number of hydrogen-bond acceptors (Lipinski definition) is 5. The molecule has 3 aromatic carbocycles. The summed E-state index contributed by atoms with van der Waals surface area (Å²) in [6, 6.07) is 26.2. The molecule has 5 nitrogen and oxygen atoms in total. The number of amides is 1. The van der Waals surface area contributed by atoms with Crippen molar-refractivity contribution in [2.75, 3.05) is 5.75 Å². The van der Waals surface area contributed by atoms with Crippen LogP contribution in [0.25, 0.3) is 0 Å². The van der Waals surface area contributed by atoms with Crippen molar-refractivity contribution < 1.29 is 19.4 Å². The first kappa shape index (κ1) is 23.5. The Morgan fingerprint density at radius 2 is 1.61 bits per heavy atom. The molecule has 0 unspecified atom stereocenters. The minimum absolute atomic E-state index is 0.0236. The van der Waals surface area contributed by atoms with Crippen molar-refractivity contribution >= 4 is 17.7 Å². The van der Waals surface area contributed by atoms with Crippen molar-refractivity contribution in [1.82, 2.24) is 5.32 Å². The number of rotatable bonds is 8. The molecule has 0 aromatic heterocycles. The molecule has 3 aromatic rings. The second kappa shape index (κ2) is 11.5. The fraction of sp³-hybridized carbons (Fsp3) is 0.296. The van der Waals surface area contributed by atoms with Crippen LogP contribution in [0.1, 0.15) is 48.0 Å². The van der Waals surface area contributed by atoms with Gasteiger partial charge in [-0.3, -0.25) is 4.79 Å². The summed E-state index contributed by atoms with van der Waals surface area (Å²) in [5, 5.41) is 12.2. The van der Waals surface area contributed by atoms with Gasteiger partial charge in [-0.25, -0.2) is 0 Å². The molecule has 0 bridgehead atoms. The molecular weight excluding hydrogens is 434 g/mol. The molecule has 3 atom stereocenters. The number of ether oxygens (including phenoxy) is 2. The lowest BCUT2D eigenvalue weighted by Gasteiger charge is -2.36. The largest absolute Gasteiger partial charge is 0.392 e. The zero-order valence-corrected chi connectivity index (χ0v) is 19.5. The topological polar surface area (TPSA) is 67.8 Å². The molecule has 172 valence electrons. The normalized spacial score (nSPS) is 20.4. The Balaban J connectivity index is 1.49. The Hall–Kier alpha value is -2.64. The molecule has 0 aliphatic carbocycles. The monoisotopic (exact) mass is 463 g/mol. The van der Waals surface area contributed by atoms with Gasteiger partial charge in [-0.05, 0) is 28.8 Å². The van der Waals surface area contributed by atoms with E-state index < -0.39 is 6.29 Å². The molecule has 2 N–H and O–H groups in total. The maximum absolute atomic E-state index is 11.2. The highest BCUT2D eigenvalue weighted by Gasteiger charge is 2.32. The molecule has 0 saturated carbocycles. The van der Waals surface area contributed by atoms with E-state index in [0.29, 0.717) is 6.54 Å². The first-order chi connectivity index (χ1) is 16.1. The Bertz CT molecular complexity index is 1020. The van der Waals surface area contributed by atoms with Gasteiger partial charge in [0.2, 0.25) is 5.91 Å². The zero-order valence-electron chi connectivity index (χ0n) is 18.6. The highest BCUT2D eigenvalue weighted by Crippen LogP contribution is 2.39. The number of benzene rings is 3. The SMILES string of the molecule is CC(=O)NCc1ccc([C@H]2O[C@@H](CSc3ccccc3)C[C@@H](c3ccc(CO)cc3)O2)cc1. The third-order valence-electron chi connectivity index (χ3n) is 5.59. The Kier molecular flexibility index (Phi) is 8.18. The standard InChI is InChI=1S/C27H29NO4S/c1-19(30)28-16-20-7-13-23(14-8-20)27-31-24(18-33-25-5-3-2-4-6-25)15-26(32-27)22-11-9-21(17-29)10-12-22/h2-14,24,26-27,29H,15-18H2,1H3,(H,28,30)/t24-,26+,27+/m1/s1. The van der Waals surface area contributed by atoms with Gasteiger partial charge < -0.3 is 19.9 Å². The first-order valence-corrected chi connectivity index (χ1v) is 12.1. The second-order valence-electron chi connectivity index (χ2n) is 8.13. The van der Waals surface area contributed by atoms with Crippen LogP contribution in [0, 0.1) is 0 Å². The number of thioether (sulfide) groups is 1. The lowest BCUT2D eigenvalue weighted by molar-refractivity contribution is -0.245. The Morgan fingerprint density at radius 3 is 2.27 bits per heavy atom. The molecule has 0 radical (unpaired) electrons. The third-order valence-corrected chi connectivity index (χ3v) is 6.73. The van der Waals surface area contributed by atoms with Gasteiger partial charge in [0, 0.05) is 36.1 Å². The van der Waals surface area contributed by atoms with Gasteiger partial charge in [-0.1, -0.05) is 66.7 Å². The van der Waals surface area contributed by atoms with Crippen molar-refractivity contribution in [2.45, 2.75) is 49.9 Å². The van der Waals surface area contributed by atoms with Crippen molar-refractivity contribution in [1.29, 1.82) is 0 Å². The van der Waals surface area contributed by atoms with Gasteiger partial charge in [-0.15, -0.1) is 11.8 Å². The predicted molar refractivity (Wildman–Crippen MR) is 130 cm³/mol. The molecule has 1 aliphatic rings. The minimum Gasteiger partial charge on any atom is -0.392 e. The summed E-state index contributed by atoms with van der Waals surface area (Å²) in [5.74, 6) is 0.780. The van der Waals surface area contributed by atoms with Gasteiger partial charge in [0.25, 0.3) is 0 Å². The van der Waals surface area contributed by atoms with E-state index in [1.807, 2.05) is 66.7 Å². The Labute approximate surface area is 199 Å². The summed E-state index contributed by atoms with van der Waals surface area (Å²) in [6.45, 7) is 2.04. The number of carbonyl (C=O) groups is 1. The summed E-state index contributed by atoms with van der Waals surface area (Å²) < 4.78 is 12.8. The van der Waals surface area contributed by atoms with Crippen molar-refractivity contribution in [3.8, 4) is 0 Å². The highest BCUT2D eigenvalue weighted by atomic mass is 32.2. The predicted octanol–water partition coefficient (Wildman–Crippen LogP) is 5.15. The summed E-state index contributed by atoms with van der Waals surface area (Å²) in [5.41, 5.74) is 3.94. The summed E-state index contributed by atoms with van der Waals surface area (Å²) in [6.07, 6.45) is 0.208. The minimum atomic E-state index is -0.475. The van der Waals surface area contributed by atoms with Gasteiger partial charge in [-0.2, -0.15) is 0 Å². The van der Waals surface area contributed by atoms with E-state index in [2.05, 4.69) is 17.4 Å². The smallest absolute Gasteiger partial charge is 0.217 e. The van der Waals surface area contributed by atoms with Gasteiger partial charge in [0.1, 0.15) is 0 Å². The summed E-state index contributed by atoms with van der Waals surface area (Å²) in [7, 11) is 0. The molecule has 1 amide bonds. The van der Waals surface area contributed by atoms with E-state index in [-0.39, 0.29) is 24.7 Å². The molecular formula is C27H29NO4S. The van der Waals surface area contributed by atoms with Crippen LogP contribution in [0.4, 0.5) is 0 Å². The average molecular weight is 464 g/mol. The molecule has 33 heavy (non-hydrogen) atoms. The Morgan fingerprint density at radius 1 is 0.939 bits per heavy atom. The van der Waals surface area contributed by atoms with Crippen LogP contribution >= 0.6 is 11.8 Å². The van der Waals surface area contributed by atoms with Crippen LogP contribution in [0.2, 0.25) is 0 Å². The summed E-state index contributed by atoms with van der Waals surface area (Å²) in [4.78, 5) is 12.4. The fourth-order valence-corrected chi connectivity index (χ4v) is 4.69. The number of aliphatic hydroxyl groups excluding tert-OH is 1. The van der Waals surface area contributed by atoms with E-state index in [4.69, 9.17) is 9.47 Å². The quantitative estimate of drug-likeness (QED) is 0.452.